The first-order valence-corrected chi connectivity index (χ1v) is 22.1. The molecule has 0 aromatic heterocycles. The van der Waals surface area contributed by atoms with E-state index >= 15 is 0 Å². The summed E-state index contributed by atoms with van der Waals surface area (Å²) in [5.74, 6) is 0.563. The molecule has 41 heavy (non-hydrogen) atoms. The Morgan fingerprint density at radius 1 is 0.561 bits per heavy atom. The van der Waals surface area contributed by atoms with Crippen molar-refractivity contribution in [1.29, 1.82) is 0 Å². The molecule has 0 nitrogen and oxygen atoms in total. The summed E-state index contributed by atoms with van der Waals surface area (Å²) < 4.78 is 0. The molecule has 0 unspecified atom stereocenters. The summed E-state index contributed by atoms with van der Waals surface area (Å²) in [5.41, 5.74) is 4.08. The van der Waals surface area contributed by atoms with Gasteiger partial charge in [0.2, 0.25) is 0 Å². The third-order valence-electron chi connectivity index (χ3n) is 7.04. The van der Waals surface area contributed by atoms with Crippen LogP contribution in [0.25, 0.3) is 54.2 Å². The van der Waals surface area contributed by atoms with Crippen molar-refractivity contribution in [2.75, 3.05) is 0 Å². The molecule has 0 heterocycles. The van der Waals surface area contributed by atoms with E-state index in [4.69, 9.17) is 17.0 Å². The van der Waals surface area contributed by atoms with Gasteiger partial charge in [0.25, 0.3) is 0 Å². The van der Waals surface area contributed by atoms with E-state index in [-0.39, 0.29) is 0 Å². The zero-order valence-corrected chi connectivity index (χ0v) is 28.9. The number of fused-ring (bicyclic) bond motifs is 5. The van der Waals surface area contributed by atoms with Crippen LogP contribution in [0.4, 0.5) is 0 Å². The maximum Gasteiger partial charge on any atom is -0.0771 e. The van der Waals surface area contributed by atoms with E-state index in [0.717, 1.165) is 9.52 Å². The Labute approximate surface area is 265 Å². The fraction of sp³-hybridized carbons (Fsp3) is 0.135. The minimum atomic E-state index is -0.826. The van der Waals surface area contributed by atoms with Gasteiger partial charge in [-0.25, -0.2) is 0 Å². The predicted molar refractivity (Wildman–Crippen MR) is 183 cm³/mol. The molecule has 0 aliphatic carbocycles. The maximum absolute atomic E-state index is 4.93. The van der Waals surface area contributed by atoms with Crippen LogP contribution in [0.5, 0.6) is 0 Å². The Kier molecular flexibility index (Phi) is 12.0. The van der Waals surface area contributed by atoms with E-state index in [1.54, 1.807) is 0 Å². The van der Waals surface area contributed by atoms with Crippen molar-refractivity contribution in [1.82, 2.24) is 0 Å². The first kappa shape index (κ1) is 31.5. The Hall–Kier alpha value is -2.48. The van der Waals surface area contributed by atoms with E-state index < -0.39 is 20.8 Å². The second kappa shape index (κ2) is 15.7. The second-order valence-corrected chi connectivity index (χ2v) is 14.9. The topological polar surface area (TPSA) is 0 Å². The molecule has 7 aromatic rings. The second-order valence-electron chi connectivity index (χ2n) is 10.2. The minimum Gasteiger partial charge on any atom is -0.126 e. The van der Waals surface area contributed by atoms with Crippen molar-refractivity contribution in [2.45, 2.75) is 32.9 Å². The average Bonchev–Trinajstić information content (AvgIpc) is 3.60. The van der Waals surface area contributed by atoms with Gasteiger partial charge in [-0.2, -0.15) is 6.07 Å². The Morgan fingerprint density at radius 2 is 0.976 bits per heavy atom. The van der Waals surface area contributed by atoms with Crippen LogP contribution in [-0.2, 0) is 20.8 Å². The molecule has 0 atom stereocenters. The summed E-state index contributed by atoms with van der Waals surface area (Å²) in [6.07, 6.45) is 0. The monoisotopic (exact) mass is 666 g/mol. The summed E-state index contributed by atoms with van der Waals surface area (Å²) >= 11 is -0.826. The van der Waals surface area contributed by atoms with Crippen molar-refractivity contribution >= 4 is 69.6 Å². The average molecular weight is 669 g/mol. The molecule has 0 bridgehead atoms. The van der Waals surface area contributed by atoms with Crippen LogP contribution < -0.4 is 0 Å². The molecular formula is C37H34Cl2SiZr. The Morgan fingerprint density at radius 3 is 1.56 bits per heavy atom. The van der Waals surface area contributed by atoms with Gasteiger partial charge in [0, 0.05) is 9.52 Å². The quantitative estimate of drug-likeness (QED) is 0.127. The van der Waals surface area contributed by atoms with Crippen LogP contribution in [0.2, 0.25) is 13.1 Å². The number of hydrogen-bond donors (Lipinski definition) is 0. The van der Waals surface area contributed by atoms with Crippen LogP contribution in [0.3, 0.4) is 0 Å². The third-order valence-corrected chi connectivity index (χ3v) is 7.04. The normalized spacial score (nSPS) is 10.4. The summed E-state index contributed by atoms with van der Waals surface area (Å²) in [7, 11) is 11.0. The molecule has 204 valence electrons. The predicted octanol–water partition coefficient (Wildman–Crippen LogP) is 12.4. The third kappa shape index (κ3) is 7.68. The first-order valence-electron chi connectivity index (χ1n) is 13.8. The molecule has 0 fully saturated rings. The molecule has 2 radical (unpaired) electrons. The molecule has 0 saturated carbocycles. The molecule has 7 rings (SSSR count). The van der Waals surface area contributed by atoms with E-state index in [1.165, 1.54) is 59.8 Å². The first-order chi connectivity index (χ1) is 20.0. The van der Waals surface area contributed by atoms with Gasteiger partial charge in [0.1, 0.15) is 0 Å². The van der Waals surface area contributed by atoms with Crippen LogP contribution in [-0.4, -0.2) is 9.52 Å². The van der Waals surface area contributed by atoms with Crippen LogP contribution in [0.15, 0.2) is 127 Å². The zero-order chi connectivity index (χ0) is 29.2. The summed E-state index contributed by atoms with van der Waals surface area (Å²) in [4.78, 5) is 0. The van der Waals surface area contributed by atoms with Crippen LogP contribution >= 0.6 is 17.0 Å². The summed E-state index contributed by atoms with van der Waals surface area (Å²) in [6.45, 7) is 8.82. The van der Waals surface area contributed by atoms with E-state index in [9.17, 15) is 0 Å². The molecule has 0 amide bonds. The number of rotatable bonds is 2. The van der Waals surface area contributed by atoms with Crippen molar-refractivity contribution in [3.63, 3.8) is 0 Å². The van der Waals surface area contributed by atoms with Gasteiger partial charge in [-0.1, -0.05) is 117 Å². The summed E-state index contributed by atoms with van der Waals surface area (Å²) in [5, 5.41) is 10.7. The molecule has 4 heteroatoms. The van der Waals surface area contributed by atoms with Crippen molar-refractivity contribution < 1.29 is 20.8 Å². The Bertz CT molecular complexity index is 1770. The molecular weight excluding hydrogens is 635 g/mol. The van der Waals surface area contributed by atoms with E-state index in [1.807, 2.05) is 0 Å². The summed E-state index contributed by atoms with van der Waals surface area (Å²) in [6, 6.07) is 45.8. The Balaban J connectivity index is 0.000000172. The van der Waals surface area contributed by atoms with Gasteiger partial charge in [-0.3, -0.25) is 0 Å². The van der Waals surface area contributed by atoms with Crippen molar-refractivity contribution in [3.05, 3.63) is 133 Å². The largest absolute Gasteiger partial charge is 0.126 e. The van der Waals surface area contributed by atoms with Crippen LogP contribution in [0, 0.1) is 0 Å². The van der Waals surface area contributed by atoms with Crippen molar-refractivity contribution in [3.8, 4) is 11.1 Å². The van der Waals surface area contributed by atoms with Gasteiger partial charge in [-0.15, -0.1) is 74.3 Å². The standard InChI is InChI=1S/C22H19.C13H9.C2H6Si.2ClH.Zr/c1-15(2)18-13-17-9-6-12-21(22(17)14-18)20-11-5-8-16-7-3-4-10-19(16)20;1-3-7-12-10(5-1)9-11-6-2-4-8-13(11)12;1-3-2;;;/h3-15H,1-2H3;1-9H;1-2H3;2*1H;/q2*-1;;;;+4/p-2. The van der Waals surface area contributed by atoms with Gasteiger partial charge in [0.15, 0.2) is 0 Å². The van der Waals surface area contributed by atoms with E-state index in [2.05, 4.69) is 154 Å². The minimum absolute atomic E-state index is 0.563. The number of benzene rings is 5. The molecule has 0 N–H and O–H groups in total. The smallest absolute Gasteiger partial charge is 0.0771 e. The molecule has 0 saturated heterocycles. The van der Waals surface area contributed by atoms with Gasteiger partial charge in [-0.05, 0) is 22.3 Å². The SMILES string of the molecule is CC(C)c1cc2c(-c3cccc4ccccc34)cccc2[cH-]1.C[Si]C.[Cl][Zr+2][Cl].c1ccc2c(c1)[cH-]c1ccccc12. The molecule has 0 aliphatic heterocycles. The molecule has 0 spiro atoms. The maximum atomic E-state index is 4.93. The van der Waals surface area contributed by atoms with Gasteiger partial charge in [0.05, 0.1) is 0 Å². The zero-order valence-electron chi connectivity index (χ0n) is 24.0. The van der Waals surface area contributed by atoms with E-state index in [0.29, 0.717) is 5.92 Å². The van der Waals surface area contributed by atoms with Crippen LogP contribution in [0.1, 0.15) is 25.3 Å². The fourth-order valence-electron chi connectivity index (χ4n) is 5.19. The van der Waals surface area contributed by atoms with Crippen molar-refractivity contribution in [2.24, 2.45) is 0 Å². The fourth-order valence-corrected chi connectivity index (χ4v) is 5.19. The molecule has 0 aliphatic rings. The van der Waals surface area contributed by atoms with Gasteiger partial charge >= 0.3 is 37.9 Å². The molecule has 7 aromatic carbocycles. The van der Waals surface area contributed by atoms with Gasteiger partial charge < -0.3 is 0 Å². The number of halogens is 2. The number of hydrogen-bond acceptors (Lipinski definition) is 0.